The smallest absolute Gasteiger partial charge is 0.118 e. The second kappa shape index (κ2) is 4.97. The highest BCUT2D eigenvalue weighted by atomic mass is 32.1. The Morgan fingerprint density at radius 1 is 1.62 bits per heavy atom. The predicted molar refractivity (Wildman–Crippen MR) is 69.9 cm³/mol. The Balaban J connectivity index is 2.29. The van der Waals surface area contributed by atoms with E-state index in [9.17, 15) is 0 Å². The van der Waals surface area contributed by atoms with E-state index in [-0.39, 0.29) is 6.04 Å². The van der Waals surface area contributed by atoms with Gasteiger partial charge in [-0.2, -0.15) is 0 Å². The van der Waals surface area contributed by atoms with E-state index in [1.165, 1.54) is 23.3 Å². The van der Waals surface area contributed by atoms with Gasteiger partial charge < -0.3 is 5.43 Å². The van der Waals surface area contributed by atoms with Gasteiger partial charge in [-0.05, 0) is 50.1 Å². The molecular formula is C12H19N3S. The summed E-state index contributed by atoms with van der Waals surface area (Å²) in [6.45, 7) is 4.16. The number of nitrogens with zero attached hydrogens (tertiary/aromatic N) is 1. The molecule has 0 radical (unpaired) electrons. The van der Waals surface area contributed by atoms with Crippen molar-refractivity contribution in [3.63, 3.8) is 0 Å². The molecule has 1 aromatic rings. The Morgan fingerprint density at radius 3 is 3.12 bits per heavy atom. The Labute approximate surface area is 101 Å². The van der Waals surface area contributed by atoms with Gasteiger partial charge in [0, 0.05) is 16.8 Å². The van der Waals surface area contributed by atoms with Gasteiger partial charge in [-0.25, -0.2) is 5.84 Å². The summed E-state index contributed by atoms with van der Waals surface area (Å²) in [6, 6.07) is 2.51. The zero-order valence-corrected chi connectivity index (χ0v) is 10.7. The summed E-state index contributed by atoms with van der Waals surface area (Å²) in [4.78, 5) is 6.09. The zero-order chi connectivity index (χ0) is 11.5. The lowest BCUT2D eigenvalue weighted by atomic mass is 9.87. The van der Waals surface area contributed by atoms with Crippen LogP contribution in [0.4, 0.5) is 0 Å². The molecule has 0 spiro atoms. The third kappa shape index (κ3) is 2.28. The molecule has 2 rings (SSSR count). The Bertz CT molecular complexity index is 381. The van der Waals surface area contributed by atoms with Gasteiger partial charge in [0.1, 0.15) is 5.84 Å². The standard InChI is InChI=1S/C12H19N3S/c1-8(2)14-12(15-13)10-4-3-5-11-9(10)6-7-16-11/h6-8,10H,3-5,13H2,1-2H3,(H,14,15). The molecule has 0 saturated heterocycles. The summed E-state index contributed by atoms with van der Waals surface area (Å²) in [5, 5.41) is 2.17. The number of rotatable bonds is 2. The molecule has 16 heavy (non-hydrogen) atoms. The van der Waals surface area contributed by atoms with Crippen LogP contribution >= 0.6 is 11.3 Å². The van der Waals surface area contributed by atoms with Gasteiger partial charge in [-0.15, -0.1) is 11.3 Å². The fraction of sp³-hybridized carbons (Fsp3) is 0.583. The summed E-state index contributed by atoms with van der Waals surface area (Å²) in [5.41, 5.74) is 4.21. The Hall–Kier alpha value is -0.870. The third-order valence-corrected chi connectivity index (χ3v) is 3.92. The van der Waals surface area contributed by atoms with Gasteiger partial charge in [0.25, 0.3) is 0 Å². The molecule has 0 saturated carbocycles. The predicted octanol–water partition coefficient (Wildman–Crippen LogP) is 2.44. The summed E-state index contributed by atoms with van der Waals surface area (Å²) < 4.78 is 0. The minimum absolute atomic E-state index is 0.287. The van der Waals surface area contributed by atoms with Gasteiger partial charge in [0.05, 0.1) is 0 Å². The minimum Gasteiger partial charge on any atom is -0.312 e. The third-order valence-electron chi connectivity index (χ3n) is 2.93. The molecule has 1 heterocycles. The van der Waals surface area contributed by atoms with Crippen molar-refractivity contribution in [3.8, 4) is 0 Å². The van der Waals surface area contributed by atoms with Crippen molar-refractivity contribution in [1.82, 2.24) is 5.43 Å². The number of nitrogens with two attached hydrogens (primary N) is 1. The van der Waals surface area contributed by atoms with E-state index < -0.39 is 0 Å². The molecule has 1 unspecified atom stereocenters. The summed E-state index contributed by atoms with van der Waals surface area (Å²) in [6.07, 6.45) is 3.60. The summed E-state index contributed by atoms with van der Waals surface area (Å²) in [7, 11) is 0. The van der Waals surface area contributed by atoms with Crippen LogP contribution in [0.2, 0.25) is 0 Å². The molecule has 3 N–H and O–H groups in total. The molecule has 1 aromatic heterocycles. The SMILES string of the molecule is CC(C)N=C(NN)C1CCCc2sccc21. The quantitative estimate of drug-likeness (QED) is 0.359. The molecule has 0 aliphatic heterocycles. The summed E-state index contributed by atoms with van der Waals surface area (Å²) in [5.74, 6) is 6.92. The van der Waals surface area contributed by atoms with Crippen LogP contribution in [0.5, 0.6) is 0 Å². The largest absolute Gasteiger partial charge is 0.312 e. The molecule has 1 atom stereocenters. The fourth-order valence-corrected chi connectivity index (χ4v) is 3.26. The van der Waals surface area contributed by atoms with E-state index in [0.29, 0.717) is 5.92 Å². The van der Waals surface area contributed by atoms with Crippen LogP contribution in [0.15, 0.2) is 16.4 Å². The van der Waals surface area contributed by atoms with Gasteiger partial charge >= 0.3 is 0 Å². The van der Waals surface area contributed by atoms with Crippen LogP contribution in [0.1, 0.15) is 43.0 Å². The van der Waals surface area contributed by atoms with Crippen LogP contribution in [0, 0.1) is 0 Å². The molecule has 1 aliphatic carbocycles. The van der Waals surface area contributed by atoms with Crippen molar-refractivity contribution < 1.29 is 0 Å². The van der Waals surface area contributed by atoms with E-state index in [1.54, 1.807) is 0 Å². The lowest BCUT2D eigenvalue weighted by Crippen LogP contribution is -2.37. The molecule has 0 fully saturated rings. The van der Waals surface area contributed by atoms with Crippen LogP contribution < -0.4 is 11.3 Å². The van der Waals surface area contributed by atoms with Gasteiger partial charge in [0.15, 0.2) is 0 Å². The summed E-state index contributed by atoms with van der Waals surface area (Å²) >= 11 is 1.85. The number of aliphatic imine (C=N–C) groups is 1. The van der Waals surface area contributed by atoms with Crippen LogP contribution in [0.25, 0.3) is 0 Å². The highest BCUT2D eigenvalue weighted by molar-refractivity contribution is 7.10. The molecule has 3 nitrogen and oxygen atoms in total. The van der Waals surface area contributed by atoms with E-state index in [2.05, 4.69) is 35.7 Å². The number of nitrogens with one attached hydrogen (secondary N) is 1. The van der Waals surface area contributed by atoms with Crippen molar-refractivity contribution in [2.75, 3.05) is 0 Å². The lowest BCUT2D eigenvalue weighted by molar-refractivity contribution is 0.638. The Kier molecular flexibility index (Phi) is 3.61. The highest BCUT2D eigenvalue weighted by Gasteiger charge is 2.25. The number of amidine groups is 1. The van der Waals surface area contributed by atoms with E-state index >= 15 is 0 Å². The highest BCUT2D eigenvalue weighted by Crippen LogP contribution is 2.35. The monoisotopic (exact) mass is 237 g/mol. The Morgan fingerprint density at radius 2 is 2.44 bits per heavy atom. The number of fused-ring (bicyclic) bond motifs is 1. The van der Waals surface area contributed by atoms with Gasteiger partial charge in [0.2, 0.25) is 0 Å². The van der Waals surface area contributed by atoms with Crippen molar-refractivity contribution in [2.24, 2.45) is 10.8 Å². The number of hydrogen-bond donors (Lipinski definition) is 2. The average molecular weight is 237 g/mol. The first-order valence-electron chi connectivity index (χ1n) is 5.83. The topological polar surface area (TPSA) is 50.4 Å². The molecule has 0 aromatic carbocycles. The number of hydrogen-bond acceptors (Lipinski definition) is 3. The van der Waals surface area contributed by atoms with Crippen LogP contribution in [0.3, 0.4) is 0 Å². The van der Waals surface area contributed by atoms with Crippen molar-refractivity contribution >= 4 is 17.2 Å². The maximum absolute atomic E-state index is 5.60. The first-order valence-corrected chi connectivity index (χ1v) is 6.71. The van der Waals surface area contributed by atoms with E-state index in [1.807, 2.05) is 11.3 Å². The van der Waals surface area contributed by atoms with Crippen molar-refractivity contribution in [3.05, 3.63) is 21.9 Å². The lowest BCUT2D eigenvalue weighted by Gasteiger charge is -2.24. The van der Waals surface area contributed by atoms with Crippen LogP contribution in [-0.4, -0.2) is 11.9 Å². The van der Waals surface area contributed by atoms with E-state index in [0.717, 1.165) is 12.3 Å². The van der Waals surface area contributed by atoms with E-state index in [4.69, 9.17) is 5.84 Å². The maximum Gasteiger partial charge on any atom is 0.118 e. The maximum atomic E-state index is 5.60. The molecule has 0 bridgehead atoms. The second-order valence-corrected chi connectivity index (χ2v) is 5.50. The van der Waals surface area contributed by atoms with Crippen LogP contribution in [-0.2, 0) is 6.42 Å². The molecule has 1 aliphatic rings. The molecule has 0 amide bonds. The fourth-order valence-electron chi connectivity index (χ4n) is 2.28. The second-order valence-electron chi connectivity index (χ2n) is 4.50. The minimum atomic E-state index is 0.287. The molecular weight excluding hydrogens is 218 g/mol. The van der Waals surface area contributed by atoms with Crippen molar-refractivity contribution in [1.29, 1.82) is 0 Å². The first-order chi connectivity index (χ1) is 7.72. The van der Waals surface area contributed by atoms with Crippen molar-refractivity contribution in [2.45, 2.75) is 45.1 Å². The number of aryl methyl sites for hydroxylation is 1. The molecule has 88 valence electrons. The average Bonchev–Trinajstić information content (AvgIpc) is 2.73. The number of hydrazine groups is 1. The molecule has 4 heteroatoms. The normalized spacial score (nSPS) is 21.0. The van der Waals surface area contributed by atoms with Gasteiger partial charge in [-0.3, -0.25) is 4.99 Å². The zero-order valence-electron chi connectivity index (χ0n) is 9.86. The number of thiophene rings is 1. The van der Waals surface area contributed by atoms with Gasteiger partial charge in [-0.1, -0.05) is 0 Å². The first kappa shape index (κ1) is 11.6.